The Morgan fingerprint density at radius 1 is 0.571 bits per heavy atom. The third kappa shape index (κ3) is 17.9. The molecule has 0 heterocycles. The lowest BCUT2D eigenvalue weighted by Crippen LogP contribution is -2.09. The van der Waals surface area contributed by atoms with Crippen molar-refractivity contribution in [1.82, 2.24) is 0 Å². The molecule has 0 aliphatic carbocycles. The number of rotatable bonds is 17. The fourth-order valence-corrected chi connectivity index (χ4v) is 2.82. The summed E-state index contributed by atoms with van der Waals surface area (Å²) in [4.78, 5) is 0. The Kier molecular flexibility index (Phi) is 18.0. The average molecular weight is 299 g/mol. The number of unbranched alkanes of at least 4 members (excludes halogenated alkanes) is 12. The molecule has 0 saturated heterocycles. The zero-order valence-corrected chi connectivity index (χ0v) is 15.3. The maximum atomic E-state index is 5.89. The van der Waals surface area contributed by atoms with Crippen molar-refractivity contribution in [1.29, 1.82) is 0 Å². The van der Waals surface area contributed by atoms with Gasteiger partial charge in [0.05, 0.1) is 6.10 Å². The third-order valence-corrected chi connectivity index (χ3v) is 4.36. The van der Waals surface area contributed by atoms with Crippen LogP contribution in [0.25, 0.3) is 0 Å². The predicted octanol–water partition coefficient (Wildman–Crippen LogP) is 7.28. The first-order valence-corrected chi connectivity index (χ1v) is 9.92. The van der Waals surface area contributed by atoms with Gasteiger partial charge in [0.25, 0.3) is 0 Å². The molecule has 0 aliphatic rings. The van der Waals surface area contributed by atoms with Crippen molar-refractivity contribution < 1.29 is 4.74 Å². The van der Waals surface area contributed by atoms with Gasteiger partial charge in [0, 0.05) is 6.61 Å². The molecule has 0 spiro atoms. The first-order valence-electron chi connectivity index (χ1n) is 9.92. The minimum Gasteiger partial charge on any atom is -0.379 e. The molecule has 128 valence electrons. The fourth-order valence-electron chi connectivity index (χ4n) is 2.82. The van der Waals surface area contributed by atoms with Gasteiger partial charge in [-0.3, -0.25) is 0 Å². The van der Waals surface area contributed by atoms with Gasteiger partial charge in [-0.05, 0) is 19.8 Å². The van der Waals surface area contributed by atoms with Crippen molar-refractivity contribution in [2.75, 3.05) is 6.61 Å². The monoisotopic (exact) mass is 298 g/mol. The highest BCUT2D eigenvalue weighted by molar-refractivity contribution is 4.53. The molecule has 0 aliphatic heterocycles. The summed E-state index contributed by atoms with van der Waals surface area (Å²) < 4.78 is 5.89. The normalized spacial score (nSPS) is 12.7. The van der Waals surface area contributed by atoms with Crippen molar-refractivity contribution in [2.24, 2.45) is 0 Å². The lowest BCUT2D eigenvalue weighted by molar-refractivity contribution is 0.0557. The van der Waals surface area contributed by atoms with Gasteiger partial charge in [-0.15, -0.1) is 0 Å². The van der Waals surface area contributed by atoms with Gasteiger partial charge >= 0.3 is 0 Å². The summed E-state index contributed by atoms with van der Waals surface area (Å²) in [6.45, 7) is 7.78. The maximum absolute atomic E-state index is 5.89. The van der Waals surface area contributed by atoms with Crippen LogP contribution in [0.4, 0.5) is 0 Å². The fraction of sp³-hybridized carbons (Fsp3) is 1.00. The molecule has 1 heteroatoms. The van der Waals surface area contributed by atoms with Gasteiger partial charge in [0.1, 0.15) is 0 Å². The van der Waals surface area contributed by atoms with Gasteiger partial charge in [0.2, 0.25) is 0 Å². The second-order valence-electron chi connectivity index (χ2n) is 6.71. The van der Waals surface area contributed by atoms with Crippen LogP contribution in [0.1, 0.15) is 117 Å². The van der Waals surface area contributed by atoms with Crippen LogP contribution >= 0.6 is 0 Å². The minimum atomic E-state index is 0.473. The molecule has 1 unspecified atom stereocenters. The van der Waals surface area contributed by atoms with Crippen LogP contribution in [-0.4, -0.2) is 12.7 Å². The molecule has 1 atom stereocenters. The van der Waals surface area contributed by atoms with Gasteiger partial charge in [-0.2, -0.15) is 0 Å². The number of hydrogen-bond acceptors (Lipinski definition) is 1. The minimum absolute atomic E-state index is 0.473. The van der Waals surface area contributed by atoms with Crippen molar-refractivity contribution >= 4 is 0 Å². The van der Waals surface area contributed by atoms with Crippen molar-refractivity contribution in [3.63, 3.8) is 0 Å². The Labute approximate surface area is 135 Å². The largest absolute Gasteiger partial charge is 0.379 e. The lowest BCUT2D eigenvalue weighted by Gasteiger charge is -2.12. The van der Waals surface area contributed by atoms with Crippen LogP contribution in [0.15, 0.2) is 0 Å². The highest BCUT2D eigenvalue weighted by Gasteiger charge is 2.01. The second kappa shape index (κ2) is 18.0. The van der Waals surface area contributed by atoms with E-state index in [-0.39, 0.29) is 0 Å². The molecule has 0 aromatic carbocycles. The second-order valence-corrected chi connectivity index (χ2v) is 6.71. The summed E-state index contributed by atoms with van der Waals surface area (Å²) >= 11 is 0. The van der Waals surface area contributed by atoms with E-state index in [4.69, 9.17) is 4.74 Å². The molecule has 0 fully saturated rings. The summed E-state index contributed by atoms with van der Waals surface area (Å²) in [7, 11) is 0. The summed E-state index contributed by atoms with van der Waals surface area (Å²) in [5.41, 5.74) is 0. The zero-order valence-electron chi connectivity index (χ0n) is 15.3. The standard InChI is InChI=1S/C20H42O/c1-4-6-8-10-11-12-13-14-16-18-20(3)21-19-17-15-9-7-5-2/h20H,4-19H2,1-3H3. The molecule has 1 nitrogen and oxygen atoms in total. The van der Waals surface area contributed by atoms with Crippen LogP contribution < -0.4 is 0 Å². The molecule has 0 aromatic heterocycles. The molecule has 0 N–H and O–H groups in total. The van der Waals surface area contributed by atoms with E-state index in [0.717, 1.165) is 6.61 Å². The summed E-state index contributed by atoms with van der Waals surface area (Å²) in [5, 5.41) is 0. The SMILES string of the molecule is CCCCCCCCCCCC(C)OCCCCCCC. The quantitative estimate of drug-likeness (QED) is 0.256. The van der Waals surface area contributed by atoms with E-state index in [1.165, 1.54) is 96.3 Å². The highest BCUT2D eigenvalue weighted by Crippen LogP contribution is 2.12. The number of hydrogen-bond donors (Lipinski definition) is 0. The van der Waals surface area contributed by atoms with Crippen LogP contribution in [0, 0.1) is 0 Å². The Bertz CT molecular complexity index is 179. The van der Waals surface area contributed by atoms with Crippen molar-refractivity contribution in [3.8, 4) is 0 Å². The van der Waals surface area contributed by atoms with Gasteiger partial charge in [-0.25, -0.2) is 0 Å². The molecule has 0 rings (SSSR count). The third-order valence-electron chi connectivity index (χ3n) is 4.36. The molecule has 0 bridgehead atoms. The van der Waals surface area contributed by atoms with Gasteiger partial charge in [0.15, 0.2) is 0 Å². The Morgan fingerprint density at radius 3 is 1.52 bits per heavy atom. The Balaban J connectivity index is 3.10. The van der Waals surface area contributed by atoms with E-state index in [1.807, 2.05) is 0 Å². The summed E-state index contributed by atoms with van der Waals surface area (Å²) in [6.07, 6.45) is 21.2. The number of ether oxygens (including phenoxy) is 1. The van der Waals surface area contributed by atoms with E-state index < -0.39 is 0 Å². The first-order chi connectivity index (χ1) is 10.3. The van der Waals surface area contributed by atoms with E-state index >= 15 is 0 Å². The predicted molar refractivity (Wildman–Crippen MR) is 96.0 cm³/mol. The summed E-state index contributed by atoms with van der Waals surface area (Å²) in [5.74, 6) is 0. The van der Waals surface area contributed by atoms with E-state index in [9.17, 15) is 0 Å². The smallest absolute Gasteiger partial charge is 0.0547 e. The Morgan fingerprint density at radius 2 is 1.00 bits per heavy atom. The highest BCUT2D eigenvalue weighted by atomic mass is 16.5. The zero-order chi connectivity index (χ0) is 15.6. The van der Waals surface area contributed by atoms with Gasteiger partial charge in [-0.1, -0.05) is 97.3 Å². The molecule has 0 saturated carbocycles. The van der Waals surface area contributed by atoms with Crippen LogP contribution in [0.3, 0.4) is 0 Å². The first kappa shape index (κ1) is 21.0. The molecular weight excluding hydrogens is 256 g/mol. The average Bonchev–Trinajstić information content (AvgIpc) is 2.49. The topological polar surface area (TPSA) is 9.23 Å². The van der Waals surface area contributed by atoms with Gasteiger partial charge < -0.3 is 4.74 Å². The van der Waals surface area contributed by atoms with Crippen molar-refractivity contribution in [2.45, 2.75) is 123 Å². The van der Waals surface area contributed by atoms with Crippen LogP contribution in [-0.2, 0) is 4.74 Å². The molecular formula is C20H42O. The van der Waals surface area contributed by atoms with E-state index in [0.29, 0.717) is 6.10 Å². The maximum Gasteiger partial charge on any atom is 0.0547 e. The lowest BCUT2D eigenvalue weighted by atomic mass is 10.1. The van der Waals surface area contributed by atoms with E-state index in [2.05, 4.69) is 20.8 Å². The summed E-state index contributed by atoms with van der Waals surface area (Å²) in [6, 6.07) is 0. The molecule has 0 amide bonds. The van der Waals surface area contributed by atoms with Crippen LogP contribution in [0.5, 0.6) is 0 Å². The van der Waals surface area contributed by atoms with E-state index in [1.54, 1.807) is 0 Å². The molecule has 0 radical (unpaired) electrons. The molecule has 0 aromatic rings. The molecule has 21 heavy (non-hydrogen) atoms. The Hall–Kier alpha value is -0.0400. The van der Waals surface area contributed by atoms with Crippen molar-refractivity contribution in [3.05, 3.63) is 0 Å². The van der Waals surface area contributed by atoms with Crippen LogP contribution in [0.2, 0.25) is 0 Å².